The van der Waals surface area contributed by atoms with Crippen LogP contribution in [-0.2, 0) is 0 Å². The molecule has 3 atom stereocenters. The number of rotatable bonds is 0. The van der Waals surface area contributed by atoms with E-state index in [4.69, 9.17) is 0 Å². The smallest absolute Gasteiger partial charge is 0.0124 e. The predicted molar refractivity (Wildman–Crippen MR) is 38.4 cm³/mol. The molecule has 2 fully saturated rings. The first-order valence-corrected chi connectivity index (χ1v) is 4.01. The van der Waals surface area contributed by atoms with Gasteiger partial charge in [-0.1, -0.05) is 0 Å². The monoisotopic (exact) mass is 125 g/mol. The van der Waals surface area contributed by atoms with Crippen molar-refractivity contribution in [3.05, 3.63) is 0 Å². The van der Waals surface area contributed by atoms with Crippen molar-refractivity contribution in [2.24, 2.45) is 5.92 Å². The fourth-order valence-corrected chi connectivity index (χ4v) is 2.29. The van der Waals surface area contributed by atoms with E-state index in [0.29, 0.717) is 0 Å². The second-order valence-corrected chi connectivity index (χ2v) is 3.65. The lowest BCUT2D eigenvalue weighted by Crippen LogP contribution is -2.38. The van der Waals surface area contributed by atoms with E-state index in [9.17, 15) is 0 Å². The largest absolute Gasteiger partial charge is 0.300 e. The molecule has 52 valence electrons. The van der Waals surface area contributed by atoms with Gasteiger partial charge in [0.1, 0.15) is 0 Å². The summed E-state index contributed by atoms with van der Waals surface area (Å²) in [7, 11) is 2.27. The summed E-state index contributed by atoms with van der Waals surface area (Å²) < 4.78 is 0. The molecular formula is C8H15N. The van der Waals surface area contributed by atoms with Crippen LogP contribution in [0.5, 0.6) is 0 Å². The van der Waals surface area contributed by atoms with Crippen molar-refractivity contribution < 1.29 is 0 Å². The Bertz CT molecular complexity index is 118. The third kappa shape index (κ3) is 0.644. The van der Waals surface area contributed by atoms with Gasteiger partial charge in [0.15, 0.2) is 0 Å². The van der Waals surface area contributed by atoms with Crippen LogP contribution in [0.15, 0.2) is 0 Å². The molecule has 0 spiro atoms. The minimum absolute atomic E-state index is 0.863. The normalized spacial score (nSPS) is 50.7. The third-order valence-electron chi connectivity index (χ3n) is 3.24. The van der Waals surface area contributed by atoms with Crippen LogP contribution >= 0.6 is 0 Å². The minimum atomic E-state index is 0.863. The van der Waals surface area contributed by atoms with Crippen LogP contribution in [0.4, 0.5) is 0 Å². The lowest BCUT2D eigenvalue weighted by Gasteiger charge is -2.34. The maximum absolute atomic E-state index is 2.55. The Labute approximate surface area is 57.0 Å². The van der Waals surface area contributed by atoms with Crippen LogP contribution in [0, 0.1) is 5.92 Å². The quantitative estimate of drug-likeness (QED) is 0.474. The molecule has 0 amide bonds. The second-order valence-electron chi connectivity index (χ2n) is 3.65. The molecule has 1 saturated heterocycles. The van der Waals surface area contributed by atoms with Gasteiger partial charge >= 0.3 is 0 Å². The van der Waals surface area contributed by atoms with E-state index in [2.05, 4.69) is 18.9 Å². The van der Waals surface area contributed by atoms with Crippen molar-refractivity contribution in [1.29, 1.82) is 0 Å². The summed E-state index contributed by atoms with van der Waals surface area (Å²) in [5.41, 5.74) is 0. The Morgan fingerprint density at radius 2 is 2.11 bits per heavy atom. The molecule has 1 heterocycles. The SMILES string of the molecule is CC1CC2CCC2N1C. The average Bonchev–Trinajstić information content (AvgIpc) is 1.92. The zero-order valence-corrected chi connectivity index (χ0v) is 6.30. The van der Waals surface area contributed by atoms with E-state index in [1.54, 1.807) is 0 Å². The molecule has 0 radical (unpaired) electrons. The Hall–Kier alpha value is -0.0400. The van der Waals surface area contributed by atoms with Gasteiger partial charge in [0, 0.05) is 12.1 Å². The number of likely N-dealkylation sites (tertiary alicyclic amines) is 1. The lowest BCUT2D eigenvalue weighted by atomic mass is 9.80. The summed E-state index contributed by atoms with van der Waals surface area (Å²) in [5.74, 6) is 1.07. The Balaban J connectivity index is 2.07. The summed E-state index contributed by atoms with van der Waals surface area (Å²) in [4.78, 5) is 2.55. The number of hydrogen-bond acceptors (Lipinski definition) is 1. The van der Waals surface area contributed by atoms with Gasteiger partial charge < -0.3 is 4.90 Å². The first kappa shape index (κ1) is 5.72. The molecule has 1 heteroatoms. The second kappa shape index (κ2) is 1.72. The van der Waals surface area contributed by atoms with Gasteiger partial charge in [-0.3, -0.25) is 0 Å². The standard InChI is InChI=1S/C8H15N/c1-6-5-7-3-4-8(7)9(6)2/h6-8H,3-5H2,1-2H3. The first-order chi connectivity index (χ1) is 4.29. The summed E-state index contributed by atoms with van der Waals surface area (Å²) >= 11 is 0. The van der Waals surface area contributed by atoms with Crippen LogP contribution in [0.2, 0.25) is 0 Å². The number of fused-ring (bicyclic) bond motifs is 1. The van der Waals surface area contributed by atoms with E-state index >= 15 is 0 Å². The van der Waals surface area contributed by atoms with Crippen molar-refractivity contribution in [3.8, 4) is 0 Å². The Kier molecular flexibility index (Phi) is 1.10. The Morgan fingerprint density at radius 3 is 2.33 bits per heavy atom. The molecule has 9 heavy (non-hydrogen) atoms. The summed E-state index contributed by atoms with van der Waals surface area (Å²) in [6.07, 6.45) is 4.42. The summed E-state index contributed by atoms with van der Waals surface area (Å²) in [6, 6.07) is 1.84. The fourth-order valence-electron chi connectivity index (χ4n) is 2.29. The zero-order valence-electron chi connectivity index (χ0n) is 6.30. The molecule has 1 aliphatic heterocycles. The molecule has 0 aromatic carbocycles. The Morgan fingerprint density at radius 1 is 1.33 bits per heavy atom. The highest BCUT2D eigenvalue weighted by Gasteiger charge is 2.42. The van der Waals surface area contributed by atoms with E-state index in [1.165, 1.54) is 19.3 Å². The van der Waals surface area contributed by atoms with Gasteiger partial charge in [-0.15, -0.1) is 0 Å². The molecular weight excluding hydrogens is 110 g/mol. The first-order valence-electron chi connectivity index (χ1n) is 4.01. The van der Waals surface area contributed by atoms with E-state index in [0.717, 1.165) is 18.0 Å². The van der Waals surface area contributed by atoms with Crippen LogP contribution in [0.25, 0.3) is 0 Å². The molecule has 2 rings (SSSR count). The van der Waals surface area contributed by atoms with Crippen molar-refractivity contribution in [2.45, 2.75) is 38.3 Å². The molecule has 0 bridgehead atoms. The van der Waals surface area contributed by atoms with Gasteiger partial charge in [0.25, 0.3) is 0 Å². The van der Waals surface area contributed by atoms with Gasteiger partial charge in [0.05, 0.1) is 0 Å². The van der Waals surface area contributed by atoms with Crippen LogP contribution < -0.4 is 0 Å². The highest BCUT2D eigenvalue weighted by molar-refractivity contribution is 4.96. The number of nitrogens with zero attached hydrogens (tertiary/aromatic N) is 1. The molecule has 0 aromatic heterocycles. The molecule has 1 nitrogen and oxygen atoms in total. The van der Waals surface area contributed by atoms with E-state index in [-0.39, 0.29) is 0 Å². The molecule has 2 aliphatic rings. The van der Waals surface area contributed by atoms with Crippen molar-refractivity contribution >= 4 is 0 Å². The maximum Gasteiger partial charge on any atom is 0.0124 e. The highest BCUT2D eigenvalue weighted by Crippen LogP contribution is 2.42. The van der Waals surface area contributed by atoms with Crippen molar-refractivity contribution in [1.82, 2.24) is 4.90 Å². The minimum Gasteiger partial charge on any atom is -0.300 e. The lowest BCUT2D eigenvalue weighted by molar-refractivity contribution is 0.154. The van der Waals surface area contributed by atoms with Gasteiger partial charge in [-0.05, 0) is 39.2 Å². The molecule has 1 saturated carbocycles. The molecule has 3 unspecified atom stereocenters. The van der Waals surface area contributed by atoms with Crippen LogP contribution in [-0.4, -0.2) is 24.0 Å². The number of hydrogen-bond donors (Lipinski definition) is 0. The van der Waals surface area contributed by atoms with Gasteiger partial charge in [0.2, 0.25) is 0 Å². The fraction of sp³-hybridized carbons (Fsp3) is 1.00. The summed E-state index contributed by atoms with van der Waals surface area (Å²) in [5, 5.41) is 0. The van der Waals surface area contributed by atoms with Crippen LogP contribution in [0.1, 0.15) is 26.2 Å². The van der Waals surface area contributed by atoms with Gasteiger partial charge in [-0.2, -0.15) is 0 Å². The van der Waals surface area contributed by atoms with E-state index in [1.807, 2.05) is 0 Å². The summed E-state index contributed by atoms with van der Waals surface area (Å²) in [6.45, 7) is 2.35. The van der Waals surface area contributed by atoms with E-state index < -0.39 is 0 Å². The van der Waals surface area contributed by atoms with Gasteiger partial charge in [-0.25, -0.2) is 0 Å². The maximum atomic E-state index is 2.55. The van der Waals surface area contributed by atoms with Crippen molar-refractivity contribution in [3.63, 3.8) is 0 Å². The predicted octanol–water partition coefficient (Wildman–Crippen LogP) is 1.49. The zero-order chi connectivity index (χ0) is 6.43. The van der Waals surface area contributed by atoms with Crippen molar-refractivity contribution in [2.75, 3.05) is 7.05 Å². The molecule has 0 aromatic rings. The third-order valence-corrected chi connectivity index (χ3v) is 3.24. The average molecular weight is 125 g/mol. The highest BCUT2D eigenvalue weighted by atomic mass is 15.2. The molecule has 0 N–H and O–H groups in total. The van der Waals surface area contributed by atoms with Crippen LogP contribution in [0.3, 0.4) is 0 Å². The molecule has 1 aliphatic carbocycles. The topological polar surface area (TPSA) is 3.24 Å².